The van der Waals surface area contributed by atoms with Gasteiger partial charge in [-0.1, -0.05) is 27.5 Å². The van der Waals surface area contributed by atoms with Crippen molar-refractivity contribution in [2.75, 3.05) is 31.1 Å². The molecular formula is C17H18BrClN4O. The van der Waals surface area contributed by atoms with Crippen LogP contribution in [-0.2, 0) is 0 Å². The second kappa shape index (κ2) is 6.41. The van der Waals surface area contributed by atoms with E-state index in [2.05, 4.69) is 32.2 Å². The number of benzene rings is 1. The average molecular weight is 410 g/mol. The molecule has 4 rings (SSSR count). The minimum absolute atomic E-state index is 0.0784. The summed E-state index contributed by atoms with van der Waals surface area (Å²) in [5.74, 6) is 0.955. The van der Waals surface area contributed by atoms with Crippen LogP contribution in [0.3, 0.4) is 0 Å². The third-order valence-corrected chi connectivity index (χ3v) is 5.56. The highest BCUT2D eigenvalue weighted by molar-refractivity contribution is 9.10. The third-order valence-electron chi connectivity index (χ3n) is 4.82. The van der Waals surface area contributed by atoms with E-state index < -0.39 is 0 Å². The number of carbonyl (C=O) groups is 1. The molecule has 0 radical (unpaired) electrons. The van der Waals surface area contributed by atoms with Gasteiger partial charge in [-0.2, -0.15) is 0 Å². The predicted octanol–water partition coefficient (Wildman–Crippen LogP) is 3.64. The number of fused-ring (bicyclic) bond motifs is 1. The van der Waals surface area contributed by atoms with Crippen molar-refractivity contribution in [2.45, 2.75) is 18.9 Å². The largest absolute Gasteiger partial charge is 0.356 e. The van der Waals surface area contributed by atoms with Gasteiger partial charge in [-0.05, 0) is 37.1 Å². The van der Waals surface area contributed by atoms with E-state index in [1.807, 2.05) is 23.1 Å². The molecule has 0 aliphatic carbocycles. The molecule has 5 nitrogen and oxygen atoms in total. The molecule has 3 heterocycles. The molecule has 2 amide bonds. The van der Waals surface area contributed by atoms with Gasteiger partial charge < -0.3 is 15.1 Å². The molecule has 1 aromatic carbocycles. The molecule has 24 heavy (non-hydrogen) atoms. The molecule has 1 aromatic heterocycles. The Balaban J connectivity index is 1.51. The Kier molecular flexibility index (Phi) is 4.26. The van der Waals surface area contributed by atoms with E-state index >= 15 is 0 Å². The van der Waals surface area contributed by atoms with Crippen molar-refractivity contribution in [3.05, 3.63) is 33.8 Å². The van der Waals surface area contributed by atoms with Gasteiger partial charge in [0, 0.05) is 42.1 Å². The summed E-state index contributed by atoms with van der Waals surface area (Å²) in [7, 11) is 0. The SMILES string of the molecule is O=C1NCCN1C1CCN(c2ccc3cc(Br)cc(Cl)c3n2)CC1. The maximum Gasteiger partial charge on any atom is 0.317 e. The van der Waals surface area contributed by atoms with Crippen molar-refractivity contribution in [2.24, 2.45) is 0 Å². The summed E-state index contributed by atoms with van der Waals surface area (Å²) in [6.45, 7) is 3.39. The van der Waals surface area contributed by atoms with Crippen LogP contribution in [0.4, 0.5) is 10.6 Å². The number of hydrogen-bond acceptors (Lipinski definition) is 3. The zero-order valence-corrected chi connectivity index (χ0v) is 15.5. The lowest BCUT2D eigenvalue weighted by molar-refractivity contribution is 0.186. The maximum absolute atomic E-state index is 11.8. The molecule has 0 unspecified atom stereocenters. The second-order valence-corrected chi connectivity index (χ2v) is 7.60. The maximum atomic E-state index is 11.8. The number of rotatable bonds is 2. The fourth-order valence-corrected chi connectivity index (χ4v) is 4.44. The second-order valence-electron chi connectivity index (χ2n) is 6.27. The lowest BCUT2D eigenvalue weighted by Gasteiger charge is -2.36. The number of anilines is 1. The van der Waals surface area contributed by atoms with Crippen LogP contribution in [0.2, 0.25) is 5.02 Å². The Morgan fingerprint density at radius 1 is 1.21 bits per heavy atom. The van der Waals surface area contributed by atoms with Gasteiger partial charge in [-0.3, -0.25) is 0 Å². The molecule has 126 valence electrons. The number of amides is 2. The Labute approximate surface area is 154 Å². The summed E-state index contributed by atoms with van der Waals surface area (Å²) in [6.07, 6.45) is 1.95. The van der Waals surface area contributed by atoms with E-state index in [1.165, 1.54) is 0 Å². The predicted molar refractivity (Wildman–Crippen MR) is 99.8 cm³/mol. The van der Waals surface area contributed by atoms with E-state index in [0.29, 0.717) is 11.1 Å². The summed E-state index contributed by atoms with van der Waals surface area (Å²) in [5.41, 5.74) is 0.832. The molecule has 2 saturated heterocycles. The van der Waals surface area contributed by atoms with E-state index in [4.69, 9.17) is 16.6 Å². The summed E-state index contributed by atoms with van der Waals surface area (Å²) >= 11 is 9.80. The molecule has 2 aliphatic heterocycles. The molecule has 2 fully saturated rings. The van der Waals surface area contributed by atoms with Crippen LogP contribution in [0.15, 0.2) is 28.7 Å². The normalized spacial score (nSPS) is 19.2. The Bertz CT molecular complexity index is 791. The molecule has 1 N–H and O–H groups in total. The van der Waals surface area contributed by atoms with Crippen LogP contribution < -0.4 is 10.2 Å². The highest BCUT2D eigenvalue weighted by Crippen LogP contribution is 2.30. The van der Waals surface area contributed by atoms with Gasteiger partial charge in [0.25, 0.3) is 0 Å². The van der Waals surface area contributed by atoms with E-state index in [-0.39, 0.29) is 6.03 Å². The zero-order chi connectivity index (χ0) is 16.7. The summed E-state index contributed by atoms with van der Waals surface area (Å²) in [5, 5.41) is 4.57. The molecule has 7 heteroatoms. The third kappa shape index (κ3) is 2.93. The van der Waals surface area contributed by atoms with Gasteiger partial charge in [0.05, 0.1) is 10.5 Å². The van der Waals surface area contributed by atoms with Gasteiger partial charge in [0.1, 0.15) is 5.82 Å². The van der Waals surface area contributed by atoms with Crippen molar-refractivity contribution in [1.29, 1.82) is 0 Å². The van der Waals surface area contributed by atoms with Gasteiger partial charge >= 0.3 is 6.03 Å². The van der Waals surface area contributed by atoms with Crippen molar-refractivity contribution in [3.8, 4) is 0 Å². The highest BCUT2D eigenvalue weighted by Gasteiger charge is 2.30. The standard InChI is InChI=1S/C17H18BrClN4O/c18-12-9-11-1-2-15(21-16(11)14(19)10-12)22-6-3-13(4-7-22)23-8-5-20-17(23)24/h1-2,9-10,13H,3-8H2,(H,20,24). The van der Waals surface area contributed by atoms with E-state index in [9.17, 15) is 4.79 Å². The van der Waals surface area contributed by atoms with Crippen LogP contribution >= 0.6 is 27.5 Å². The minimum Gasteiger partial charge on any atom is -0.356 e. The fraction of sp³-hybridized carbons (Fsp3) is 0.412. The fourth-order valence-electron chi connectivity index (χ4n) is 3.56. The zero-order valence-electron chi connectivity index (χ0n) is 13.1. The highest BCUT2D eigenvalue weighted by atomic mass is 79.9. The van der Waals surface area contributed by atoms with Crippen LogP contribution in [0.25, 0.3) is 10.9 Å². The van der Waals surface area contributed by atoms with E-state index in [0.717, 1.165) is 60.2 Å². The first-order valence-electron chi connectivity index (χ1n) is 8.17. The molecule has 0 bridgehead atoms. The summed E-state index contributed by atoms with van der Waals surface area (Å²) < 4.78 is 0.958. The van der Waals surface area contributed by atoms with Crippen LogP contribution in [0.1, 0.15) is 12.8 Å². The van der Waals surface area contributed by atoms with Crippen molar-refractivity contribution in [3.63, 3.8) is 0 Å². The minimum atomic E-state index is 0.0784. The van der Waals surface area contributed by atoms with Crippen molar-refractivity contribution >= 4 is 50.3 Å². The van der Waals surface area contributed by atoms with Crippen molar-refractivity contribution < 1.29 is 4.79 Å². The smallest absolute Gasteiger partial charge is 0.317 e. The molecule has 2 aliphatic rings. The number of nitrogens with zero attached hydrogens (tertiary/aromatic N) is 3. The van der Waals surface area contributed by atoms with Gasteiger partial charge in [0.2, 0.25) is 0 Å². The lowest BCUT2D eigenvalue weighted by Crippen LogP contribution is -2.46. The van der Waals surface area contributed by atoms with Crippen LogP contribution in [0, 0.1) is 0 Å². The number of nitrogens with one attached hydrogen (secondary N) is 1. The first-order chi connectivity index (χ1) is 11.6. The van der Waals surface area contributed by atoms with E-state index in [1.54, 1.807) is 0 Å². The van der Waals surface area contributed by atoms with Gasteiger partial charge in [0.15, 0.2) is 0 Å². The topological polar surface area (TPSA) is 48.5 Å². The molecule has 0 atom stereocenters. The number of urea groups is 1. The van der Waals surface area contributed by atoms with Crippen molar-refractivity contribution in [1.82, 2.24) is 15.2 Å². The number of hydrogen-bond donors (Lipinski definition) is 1. The quantitative estimate of drug-likeness (QED) is 0.824. The molecule has 2 aromatic rings. The average Bonchev–Trinajstić information content (AvgIpc) is 3.01. The molecule has 0 saturated carbocycles. The Morgan fingerprint density at radius 2 is 2.00 bits per heavy atom. The first kappa shape index (κ1) is 16.0. The summed E-state index contributed by atoms with van der Waals surface area (Å²) in [4.78, 5) is 20.8. The van der Waals surface area contributed by atoms with Crippen LogP contribution in [-0.4, -0.2) is 48.1 Å². The number of piperidine rings is 1. The molecular weight excluding hydrogens is 392 g/mol. The summed E-state index contributed by atoms with van der Waals surface area (Å²) in [6, 6.07) is 8.43. The monoisotopic (exact) mass is 408 g/mol. The number of pyridine rings is 1. The number of halogens is 2. The Morgan fingerprint density at radius 3 is 2.71 bits per heavy atom. The number of aromatic nitrogens is 1. The lowest BCUT2D eigenvalue weighted by atomic mass is 10.0. The van der Waals surface area contributed by atoms with Crippen LogP contribution in [0.5, 0.6) is 0 Å². The Hall–Kier alpha value is -1.53. The van der Waals surface area contributed by atoms with Gasteiger partial charge in [-0.15, -0.1) is 0 Å². The molecule has 0 spiro atoms. The van der Waals surface area contributed by atoms with Gasteiger partial charge in [-0.25, -0.2) is 9.78 Å². The number of carbonyl (C=O) groups excluding carboxylic acids is 1. The first-order valence-corrected chi connectivity index (χ1v) is 9.34.